The number of hydrogen-bond donors (Lipinski definition) is 0. The molecule has 1 aliphatic rings. The van der Waals surface area contributed by atoms with Gasteiger partial charge in [0.05, 0.1) is 0 Å². The van der Waals surface area contributed by atoms with Crippen molar-refractivity contribution in [3.05, 3.63) is 0 Å². The maximum atomic E-state index is 12.5. The summed E-state index contributed by atoms with van der Waals surface area (Å²) in [4.78, 5) is 0. The fourth-order valence-corrected chi connectivity index (χ4v) is 4.14. The summed E-state index contributed by atoms with van der Waals surface area (Å²) in [7, 11) is -1.65. The zero-order valence-electron chi connectivity index (χ0n) is 10.9. The van der Waals surface area contributed by atoms with Crippen molar-refractivity contribution in [2.45, 2.75) is 45.1 Å². The molecule has 0 saturated carbocycles. The van der Waals surface area contributed by atoms with E-state index in [1.54, 1.807) is 11.4 Å². The average molecular weight is 327 g/mol. The van der Waals surface area contributed by atoms with Crippen molar-refractivity contribution >= 4 is 26.1 Å². The highest BCUT2D eigenvalue weighted by atomic mass is 79.9. The van der Waals surface area contributed by atoms with E-state index in [1.165, 1.54) is 4.31 Å². The van der Waals surface area contributed by atoms with Gasteiger partial charge in [0.15, 0.2) is 0 Å². The second-order valence-electron chi connectivity index (χ2n) is 5.23. The van der Waals surface area contributed by atoms with Gasteiger partial charge in [-0.15, -0.1) is 0 Å². The van der Waals surface area contributed by atoms with Crippen molar-refractivity contribution < 1.29 is 8.42 Å². The molecule has 102 valence electrons. The highest BCUT2D eigenvalue weighted by Gasteiger charge is 2.36. The van der Waals surface area contributed by atoms with Gasteiger partial charge in [-0.25, -0.2) is 0 Å². The maximum Gasteiger partial charge on any atom is 0.282 e. The SMILES string of the molecule is CN(C(C)(C)CBr)S(=O)(=O)N1CCCCCC1. The summed E-state index contributed by atoms with van der Waals surface area (Å²) in [6.07, 6.45) is 4.22. The predicted molar refractivity (Wildman–Crippen MR) is 74.6 cm³/mol. The van der Waals surface area contributed by atoms with Crippen molar-refractivity contribution in [3.63, 3.8) is 0 Å². The highest BCUT2D eigenvalue weighted by Crippen LogP contribution is 2.23. The van der Waals surface area contributed by atoms with Crippen LogP contribution in [0.3, 0.4) is 0 Å². The van der Waals surface area contributed by atoms with Gasteiger partial charge >= 0.3 is 0 Å². The monoisotopic (exact) mass is 326 g/mol. The Morgan fingerprint density at radius 3 is 2.06 bits per heavy atom. The molecule has 1 heterocycles. The number of nitrogens with zero attached hydrogens (tertiary/aromatic N) is 2. The molecule has 1 rings (SSSR count). The second kappa shape index (κ2) is 5.99. The van der Waals surface area contributed by atoms with Crippen LogP contribution in [0.25, 0.3) is 0 Å². The van der Waals surface area contributed by atoms with Crippen LogP contribution in [0.2, 0.25) is 0 Å². The summed E-state index contributed by atoms with van der Waals surface area (Å²) in [6.45, 7) is 5.17. The molecule has 1 fully saturated rings. The lowest BCUT2D eigenvalue weighted by Crippen LogP contribution is -2.52. The largest absolute Gasteiger partial charge is 0.282 e. The Labute approximate surface area is 114 Å². The number of hydrogen-bond acceptors (Lipinski definition) is 2. The topological polar surface area (TPSA) is 40.6 Å². The van der Waals surface area contributed by atoms with E-state index < -0.39 is 15.7 Å². The number of alkyl halides is 1. The molecule has 6 heteroatoms. The third-order valence-electron chi connectivity index (χ3n) is 3.42. The molecule has 17 heavy (non-hydrogen) atoms. The van der Waals surface area contributed by atoms with Crippen LogP contribution in [0.4, 0.5) is 0 Å². The Morgan fingerprint density at radius 2 is 1.65 bits per heavy atom. The Morgan fingerprint density at radius 1 is 1.18 bits per heavy atom. The van der Waals surface area contributed by atoms with Crippen LogP contribution >= 0.6 is 15.9 Å². The molecule has 0 bridgehead atoms. The maximum absolute atomic E-state index is 12.5. The lowest BCUT2D eigenvalue weighted by Gasteiger charge is -2.36. The molecule has 1 aliphatic heterocycles. The van der Waals surface area contributed by atoms with Crippen LogP contribution in [-0.4, -0.2) is 48.0 Å². The zero-order chi connectivity index (χ0) is 13.1. The van der Waals surface area contributed by atoms with Crippen molar-refractivity contribution in [1.29, 1.82) is 0 Å². The Bertz CT molecular complexity index is 335. The van der Waals surface area contributed by atoms with Gasteiger partial charge in [0.25, 0.3) is 10.2 Å². The van der Waals surface area contributed by atoms with Gasteiger partial charge in [0.2, 0.25) is 0 Å². The summed E-state index contributed by atoms with van der Waals surface area (Å²) < 4.78 is 28.1. The molecule has 0 aliphatic carbocycles. The molecule has 0 unspecified atom stereocenters. The van der Waals surface area contributed by atoms with E-state index >= 15 is 0 Å². The molecule has 0 aromatic carbocycles. The smallest absolute Gasteiger partial charge is 0.195 e. The van der Waals surface area contributed by atoms with Gasteiger partial charge in [-0.3, -0.25) is 0 Å². The molecule has 4 nitrogen and oxygen atoms in total. The lowest BCUT2D eigenvalue weighted by atomic mass is 10.1. The minimum absolute atomic E-state index is 0.398. The first-order valence-electron chi connectivity index (χ1n) is 6.12. The highest BCUT2D eigenvalue weighted by molar-refractivity contribution is 9.09. The third kappa shape index (κ3) is 3.66. The third-order valence-corrected chi connectivity index (χ3v) is 6.99. The van der Waals surface area contributed by atoms with Crippen LogP contribution in [0.15, 0.2) is 0 Å². The summed E-state index contributed by atoms with van der Waals surface area (Å²) in [5.41, 5.74) is -0.398. The van der Waals surface area contributed by atoms with Crippen LogP contribution in [0.5, 0.6) is 0 Å². The standard InChI is InChI=1S/C11H23BrN2O2S/c1-11(2,10-12)13(3)17(15,16)14-8-6-4-5-7-9-14/h4-10H2,1-3H3. The molecule has 0 aromatic heterocycles. The molecule has 0 atom stereocenters. The molecule has 0 spiro atoms. The second-order valence-corrected chi connectivity index (χ2v) is 7.76. The summed E-state index contributed by atoms with van der Waals surface area (Å²) in [5.74, 6) is 0. The van der Waals surface area contributed by atoms with Crippen molar-refractivity contribution in [2.24, 2.45) is 0 Å². The first-order chi connectivity index (χ1) is 7.82. The van der Waals surface area contributed by atoms with Gasteiger partial charge in [-0.1, -0.05) is 28.8 Å². The molecule has 0 amide bonds. The number of rotatable bonds is 4. The molecule has 0 N–H and O–H groups in total. The molecule has 1 saturated heterocycles. The fraction of sp³-hybridized carbons (Fsp3) is 1.00. The minimum atomic E-state index is -3.32. The van der Waals surface area contributed by atoms with Crippen molar-refractivity contribution in [1.82, 2.24) is 8.61 Å². The quantitative estimate of drug-likeness (QED) is 0.743. The van der Waals surface area contributed by atoms with E-state index in [9.17, 15) is 8.42 Å². The van der Waals surface area contributed by atoms with Crippen LogP contribution < -0.4 is 0 Å². The Hall–Kier alpha value is 0.350. The van der Waals surface area contributed by atoms with E-state index in [0.717, 1.165) is 25.7 Å². The average Bonchev–Trinajstić information content (AvgIpc) is 2.56. The van der Waals surface area contributed by atoms with E-state index in [0.29, 0.717) is 18.4 Å². The van der Waals surface area contributed by atoms with Crippen LogP contribution in [0.1, 0.15) is 39.5 Å². The zero-order valence-corrected chi connectivity index (χ0v) is 13.3. The molecular weight excluding hydrogens is 304 g/mol. The molecule has 0 radical (unpaired) electrons. The van der Waals surface area contributed by atoms with Gasteiger partial charge < -0.3 is 0 Å². The van der Waals surface area contributed by atoms with Crippen molar-refractivity contribution in [3.8, 4) is 0 Å². The van der Waals surface area contributed by atoms with E-state index in [4.69, 9.17) is 0 Å². The lowest BCUT2D eigenvalue weighted by molar-refractivity contribution is 0.268. The van der Waals surface area contributed by atoms with Gasteiger partial charge in [-0.05, 0) is 26.7 Å². The van der Waals surface area contributed by atoms with Crippen LogP contribution in [0, 0.1) is 0 Å². The van der Waals surface area contributed by atoms with E-state index in [2.05, 4.69) is 15.9 Å². The van der Waals surface area contributed by atoms with Gasteiger partial charge in [-0.2, -0.15) is 17.0 Å². The van der Waals surface area contributed by atoms with E-state index in [1.807, 2.05) is 13.8 Å². The summed E-state index contributed by atoms with van der Waals surface area (Å²) >= 11 is 3.38. The Kier molecular flexibility index (Phi) is 5.43. The first kappa shape index (κ1) is 15.4. The summed E-state index contributed by atoms with van der Waals surface area (Å²) in [5, 5.41) is 0.629. The van der Waals surface area contributed by atoms with Crippen LogP contribution in [-0.2, 0) is 10.2 Å². The van der Waals surface area contributed by atoms with Gasteiger partial charge in [0.1, 0.15) is 0 Å². The molecular formula is C11H23BrN2O2S. The fourth-order valence-electron chi connectivity index (χ4n) is 1.84. The summed E-state index contributed by atoms with van der Waals surface area (Å²) in [6, 6.07) is 0. The minimum Gasteiger partial charge on any atom is -0.195 e. The van der Waals surface area contributed by atoms with Gasteiger partial charge in [0, 0.05) is 31.0 Å². The Balaban J connectivity index is 2.85. The first-order valence-corrected chi connectivity index (χ1v) is 8.64. The number of halogens is 1. The molecule has 0 aromatic rings. The normalized spacial score (nSPS) is 20.5. The van der Waals surface area contributed by atoms with Crippen molar-refractivity contribution in [2.75, 3.05) is 25.5 Å². The predicted octanol–water partition coefficient (Wildman–Crippen LogP) is 2.21. The van der Waals surface area contributed by atoms with E-state index in [-0.39, 0.29) is 0 Å².